The lowest BCUT2D eigenvalue weighted by Gasteiger charge is -2.23. The van der Waals surface area contributed by atoms with Gasteiger partial charge < -0.3 is 14.9 Å². The molecule has 0 heterocycles. The summed E-state index contributed by atoms with van der Waals surface area (Å²) >= 11 is 0. The second-order valence-corrected chi connectivity index (χ2v) is 5.75. The third-order valence-corrected chi connectivity index (χ3v) is 3.58. The fourth-order valence-corrected chi connectivity index (χ4v) is 2.17. The van der Waals surface area contributed by atoms with Crippen LogP contribution in [0.3, 0.4) is 0 Å². The van der Waals surface area contributed by atoms with Crippen LogP contribution < -0.4 is 4.74 Å². The van der Waals surface area contributed by atoms with Gasteiger partial charge in [-0.15, -0.1) is 0 Å². The quantitative estimate of drug-likeness (QED) is 0.877. The highest BCUT2D eigenvalue weighted by Crippen LogP contribution is 2.32. The number of carbonyl (C=O) groups is 1. The van der Waals surface area contributed by atoms with Crippen LogP contribution in [0.25, 0.3) is 0 Å². The zero-order valence-electron chi connectivity index (χ0n) is 11.3. The Balaban J connectivity index is 2.10. The van der Waals surface area contributed by atoms with Crippen molar-refractivity contribution < 1.29 is 19.7 Å². The Labute approximate surface area is 113 Å². The smallest absolute Gasteiger partial charge is 0.312 e. The van der Waals surface area contributed by atoms with Crippen molar-refractivity contribution in [2.24, 2.45) is 5.41 Å². The number of aliphatic carboxylic acids is 1. The number of hydrogen-bond donors (Lipinski definition) is 2. The number of aliphatic hydroxyl groups excluding tert-OH is 1. The van der Waals surface area contributed by atoms with Crippen molar-refractivity contribution in [1.29, 1.82) is 0 Å². The minimum Gasteiger partial charge on any atom is -0.492 e. The molecule has 1 aliphatic rings. The highest BCUT2D eigenvalue weighted by molar-refractivity contribution is 5.73. The monoisotopic (exact) mass is 264 g/mol. The maximum Gasteiger partial charge on any atom is 0.312 e. The number of benzene rings is 1. The molecule has 104 valence electrons. The molecule has 0 bridgehead atoms. The summed E-state index contributed by atoms with van der Waals surface area (Å²) in [5.41, 5.74) is 1.15. The van der Waals surface area contributed by atoms with Crippen LogP contribution in [0.15, 0.2) is 18.2 Å². The largest absolute Gasteiger partial charge is 0.492 e. The Hall–Kier alpha value is -1.55. The lowest BCUT2D eigenvalue weighted by Crippen LogP contribution is -2.30. The average molecular weight is 264 g/mol. The summed E-state index contributed by atoms with van der Waals surface area (Å²) in [7, 11) is 0. The molecule has 2 N–H and O–H groups in total. The first-order valence-corrected chi connectivity index (χ1v) is 6.57. The fourth-order valence-electron chi connectivity index (χ4n) is 2.17. The van der Waals surface area contributed by atoms with E-state index in [9.17, 15) is 9.90 Å². The van der Waals surface area contributed by atoms with Crippen LogP contribution in [-0.4, -0.2) is 22.8 Å². The molecule has 1 aromatic rings. The third-order valence-electron chi connectivity index (χ3n) is 3.58. The normalized spacial score (nSPS) is 18.8. The number of ether oxygens (including phenoxy) is 1. The third kappa shape index (κ3) is 3.07. The van der Waals surface area contributed by atoms with Crippen molar-refractivity contribution in [1.82, 2.24) is 0 Å². The number of aryl methyl sites for hydroxylation is 1. The average Bonchev–Trinajstić information content (AvgIpc) is 2.37. The van der Waals surface area contributed by atoms with Gasteiger partial charge in [-0.3, -0.25) is 4.79 Å². The van der Waals surface area contributed by atoms with Crippen LogP contribution in [0, 0.1) is 5.41 Å². The van der Waals surface area contributed by atoms with E-state index in [-0.39, 0.29) is 6.61 Å². The van der Waals surface area contributed by atoms with Gasteiger partial charge in [-0.25, -0.2) is 0 Å². The Morgan fingerprint density at radius 2 is 2.21 bits per heavy atom. The number of carboxylic acids is 1. The number of fused-ring (bicyclic) bond motifs is 1. The molecule has 1 aliphatic carbocycles. The standard InChI is InChI=1S/C15H20O4/c1-15(2,14(17)18)9-19-11-7-6-10-4-3-5-13(16)12(10)8-11/h6-8,13,16H,3-5,9H2,1-2H3,(H,17,18)/t13-/m1/s1. The van der Waals surface area contributed by atoms with Gasteiger partial charge in [0.2, 0.25) is 0 Å². The van der Waals surface area contributed by atoms with E-state index in [1.54, 1.807) is 13.8 Å². The van der Waals surface area contributed by atoms with Gasteiger partial charge in [0.1, 0.15) is 12.4 Å². The maximum atomic E-state index is 11.0. The van der Waals surface area contributed by atoms with E-state index in [4.69, 9.17) is 9.84 Å². The highest BCUT2D eigenvalue weighted by atomic mass is 16.5. The second kappa shape index (κ2) is 5.21. The van der Waals surface area contributed by atoms with Crippen LogP contribution in [0.1, 0.15) is 43.9 Å². The van der Waals surface area contributed by atoms with E-state index < -0.39 is 17.5 Å². The van der Waals surface area contributed by atoms with Gasteiger partial charge in [0, 0.05) is 0 Å². The van der Waals surface area contributed by atoms with Crippen LogP contribution in [-0.2, 0) is 11.2 Å². The lowest BCUT2D eigenvalue weighted by atomic mass is 9.89. The number of hydrogen-bond acceptors (Lipinski definition) is 3. The molecule has 0 saturated carbocycles. The van der Waals surface area contributed by atoms with Crippen molar-refractivity contribution in [2.45, 2.75) is 39.2 Å². The Kier molecular flexibility index (Phi) is 3.80. The lowest BCUT2D eigenvalue weighted by molar-refractivity contribution is -0.148. The molecule has 0 radical (unpaired) electrons. The SMILES string of the molecule is CC(C)(COc1ccc2c(c1)[C@H](O)CCC2)C(=O)O. The molecule has 0 fully saturated rings. The Bertz CT molecular complexity index is 479. The van der Waals surface area contributed by atoms with Gasteiger partial charge in [-0.1, -0.05) is 6.07 Å². The highest BCUT2D eigenvalue weighted by Gasteiger charge is 2.28. The summed E-state index contributed by atoms with van der Waals surface area (Å²) in [6.07, 6.45) is 2.32. The topological polar surface area (TPSA) is 66.8 Å². The first-order valence-electron chi connectivity index (χ1n) is 6.57. The second-order valence-electron chi connectivity index (χ2n) is 5.75. The molecular formula is C15H20O4. The molecule has 0 unspecified atom stereocenters. The van der Waals surface area contributed by atoms with Crippen LogP contribution in [0.4, 0.5) is 0 Å². The minimum atomic E-state index is -0.922. The molecule has 0 aromatic heterocycles. The first kappa shape index (κ1) is 13.9. The van der Waals surface area contributed by atoms with E-state index in [0.717, 1.165) is 30.4 Å². The molecule has 0 aliphatic heterocycles. The molecule has 0 spiro atoms. The van der Waals surface area contributed by atoms with E-state index >= 15 is 0 Å². The van der Waals surface area contributed by atoms with Gasteiger partial charge in [0.25, 0.3) is 0 Å². The molecule has 2 rings (SSSR count). The van der Waals surface area contributed by atoms with Gasteiger partial charge in [-0.2, -0.15) is 0 Å². The minimum absolute atomic E-state index is 0.108. The zero-order valence-corrected chi connectivity index (χ0v) is 11.3. The molecule has 19 heavy (non-hydrogen) atoms. The molecular weight excluding hydrogens is 244 g/mol. The van der Waals surface area contributed by atoms with Gasteiger partial charge in [-0.05, 0) is 56.4 Å². The van der Waals surface area contributed by atoms with Crippen molar-refractivity contribution in [3.63, 3.8) is 0 Å². The predicted molar refractivity (Wildman–Crippen MR) is 71.3 cm³/mol. The number of rotatable bonds is 4. The van der Waals surface area contributed by atoms with Crippen molar-refractivity contribution in [2.75, 3.05) is 6.61 Å². The predicted octanol–water partition coefficient (Wildman–Crippen LogP) is 2.55. The van der Waals surface area contributed by atoms with E-state index in [0.29, 0.717) is 5.75 Å². The van der Waals surface area contributed by atoms with Crippen molar-refractivity contribution >= 4 is 5.97 Å². The first-order chi connectivity index (χ1) is 8.90. The molecule has 1 atom stereocenters. The molecule has 0 saturated heterocycles. The van der Waals surface area contributed by atoms with Gasteiger partial charge >= 0.3 is 5.97 Å². The zero-order chi connectivity index (χ0) is 14.0. The Morgan fingerprint density at radius 3 is 2.89 bits per heavy atom. The number of carboxylic acid groups (broad SMARTS) is 1. The summed E-state index contributed by atoms with van der Waals surface area (Å²) in [6.45, 7) is 3.36. The molecule has 0 amide bonds. The Morgan fingerprint density at radius 1 is 1.47 bits per heavy atom. The van der Waals surface area contributed by atoms with Crippen molar-refractivity contribution in [3.8, 4) is 5.75 Å². The molecule has 4 nitrogen and oxygen atoms in total. The summed E-state index contributed by atoms with van der Waals surface area (Å²) in [4.78, 5) is 11.0. The van der Waals surface area contributed by atoms with Gasteiger partial charge in [0.15, 0.2) is 0 Å². The van der Waals surface area contributed by atoms with E-state index in [1.807, 2.05) is 18.2 Å². The molecule has 4 heteroatoms. The van der Waals surface area contributed by atoms with Crippen LogP contribution in [0.5, 0.6) is 5.75 Å². The fraction of sp³-hybridized carbons (Fsp3) is 0.533. The summed E-state index contributed by atoms with van der Waals surface area (Å²) in [6, 6.07) is 5.63. The maximum absolute atomic E-state index is 11.0. The van der Waals surface area contributed by atoms with Crippen molar-refractivity contribution in [3.05, 3.63) is 29.3 Å². The van der Waals surface area contributed by atoms with E-state index in [1.165, 1.54) is 0 Å². The summed E-state index contributed by atoms with van der Waals surface area (Å²) < 4.78 is 5.55. The number of aliphatic hydroxyl groups is 1. The van der Waals surface area contributed by atoms with Gasteiger partial charge in [0.05, 0.1) is 11.5 Å². The van der Waals surface area contributed by atoms with Crippen LogP contribution in [0.2, 0.25) is 0 Å². The summed E-state index contributed by atoms with van der Waals surface area (Å²) in [5, 5.41) is 19.0. The van der Waals surface area contributed by atoms with Crippen LogP contribution >= 0.6 is 0 Å². The molecule has 1 aromatic carbocycles. The summed E-state index contributed by atoms with van der Waals surface area (Å²) in [5.74, 6) is -0.264. The van der Waals surface area contributed by atoms with E-state index in [2.05, 4.69) is 0 Å².